The average Bonchev–Trinajstić information content (AvgIpc) is 2.78. The summed E-state index contributed by atoms with van der Waals surface area (Å²) < 4.78 is 15.1. The van der Waals surface area contributed by atoms with Gasteiger partial charge in [0.05, 0.1) is 26.4 Å². The quantitative estimate of drug-likeness (QED) is 0.626. The lowest BCUT2D eigenvalue weighted by molar-refractivity contribution is 0.102. The third-order valence-corrected chi connectivity index (χ3v) is 1.41. The van der Waals surface area contributed by atoms with Gasteiger partial charge in [-0.25, -0.2) is 0 Å². The van der Waals surface area contributed by atoms with E-state index < -0.39 is 0 Å². The Morgan fingerprint density at radius 1 is 1.08 bits per heavy atom. The van der Waals surface area contributed by atoms with Crippen LogP contribution in [0.2, 0.25) is 0 Å². The molecule has 0 radical (unpaired) electrons. The summed E-state index contributed by atoms with van der Waals surface area (Å²) in [5.74, 6) is 0.833. The van der Waals surface area contributed by atoms with Crippen molar-refractivity contribution in [3.63, 3.8) is 0 Å². The van der Waals surface area contributed by atoms with Gasteiger partial charge in [-0.1, -0.05) is 20.8 Å². The first-order valence-electron chi connectivity index (χ1n) is 4.99. The van der Waals surface area contributed by atoms with Crippen molar-refractivity contribution < 1.29 is 14.2 Å². The minimum atomic E-state index is 0.392. The maximum atomic E-state index is 5.23. The molecule has 0 aromatic carbocycles. The van der Waals surface area contributed by atoms with Gasteiger partial charge in [0.1, 0.15) is 12.2 Å². The standard InChI is InChI=1S/C6H10O3.C4H10/c1(5-3-8-5)7-2-6-4-9-6;1-4(2)3/h5-6H,1-4H2;4H,1-3H3. The highest BCUT2D eigenvalue weighted by atomic mass is 16.6. The lowest BCUT2D eigenvalue weighted by Gasteiger charge is -1.95. The van der Waals surface area contributed by atoms with Gasteiger partial charge in [-0.2, -0.15) is 0 Å². The zero-order valence-electron chi connectivity index (χ0n) is 8.79. The first kappa shape index (κ1) is 11.0. The van der Waals surface area contributed by atoms with Crippen molar-refractivity contribution in [2.45, 2.75) is 33.0 Å². The van der Waals surface area contributed by atoms with Gasteiger partial charge in [0.25, 0.3) is 0 Å². The molecule has 0 saturated carbocycles. The summed E-state index contributed by atoms with van der Waals surface area (Å²) in [6.07, 6.45) is 0.785. The van der Waals surface area contributed by atoms with Crippen molar-refractivity contribution in [2.24, 2.45) is 5.92 Å². The highest BCUT2D eigenvalue weighted by Gasteiger charge is 2.26. The van der Waals surface area contributed by atoms with Crippen LogP contribution in [0, 0.1) is 5.92 Å². The summed E-state index contributed by atoms with van der Waals surface area (Å²) in [5.41, 5.74) is 0. The fourth-order valence-corrected chi connectivity index (χ4v) is 0.659. The molecule has 0 aromatic heterocycles. The molecule has 2 aliphatic rings. The first-order chi connectivity index (χ1) is 6.18. The summed E-state index contributed by atoms with van der Waals surface area (Å²) in [6, 6.07) is 0. The molecular formula is C10H20O3. The second-order valence-electron chi connectivity index (χ2n) is 4.18. The molecule has 0 aliphatic carbocycles. The lowest BCUT2D eigenvalue weighted by Crippen LogP contribution is -2.06. The summed E-state index contributed by atoms with van der Waals surface area (Å²) in [5, 5.41) is 0. The van der Waals surface area contributed by atoms with E-state index in [1.165, 1.54) is 0 Å². The van der Waals surface area contributed by atoms with E-state index in [4.69, 9.17) is 14.2 Å². The Kier molecular flexibility index (Phi) is 4.70. The Balaban J connectivity index is 0.000000184. The molecule has 2 fully saturated rings. The van der Waals surface area contributed by atoms with Crippen molar-refractivity contribution in [3.8, 4) is 0 Å². The van der Waals surface area contributed by atoms with Crippen LogP contribution in [0.25, 0.3) is 0 Å². The zero-order chi connectivity index (χ0) is 9.68. The Morgan fingerprint density at radius 2 is 1.38 bits per heavy atom. The molecule has 0 spiro atoms. The predicted molar refractivity (Wildman–Crippen MR) is 50.8 cm³/mol. The number of ether oxygens (including phenoxy) is 3. The van der Waals surface area contributed by atoms with E-state index >= 15 is 0 Å². The Morgan fingerprint density at radius 3 is 1.62 bits per heavy atom. The van der Waals surface area contributed by atoms with E-state index in [0.717, 1.165) is 32.3 Å². The molecule has 3 nitrogen and oxygen atoms in total. The van der Waals surface area contributed by atoms with Crippen molar-refractivity contribution in [1.82, 2.24) is 0 Å². The summed E-state index contributed by atoms with van der Waals surface area (Å²) in [4.78, 5) is 0. The minimum absolute atomic E-state index is 0.392. The zero-order valence-corrected chi connectivity index (χ0v) is 8.79. The minimum Gasteiger partial charge on any atom is -0.376 e. The predicted octanol–water partition coefficient (Wildman–Crippen LogP) is 1.46. The molecular weight excluding hydrogens is 168 g/mol. The van der Waals surface area contributed by atoms with Gasteiger partial charge in [0.2, 0.25) is 0 Å². The van der Waals surface area contributed by atoms with Crippen LogP contribution in [0.1, 0.15) is 20.8 Å². The third kappa shape index (κ3) is 8.22. The molecule has 0 bridgehead atoms. The van der Waals surface area contributed by atoms with Crippen LogP contribution in [0.15, 0.2) is 0 Å². The smallest absolute Gasteiger partial charge is 0.104 e. The van der Waals surface area contributed by atoms with Gasteiger partial charge < -0.3 is 14.2 Å². The number of hydrogen-bond acceptors (Lipinski definition) is 3. The highest BCUT2D eigenvalue weighted by molar-refractivity contribution is 4.71. The fraction of sp³-hybridized carbons (Fsp3) is 1.00. The Labute approximate surface area is 80.4 Å². The van der Waals surface area contributed by atoms with Crippen LogP contribution in [0.4, 0.5) is 0 Å². The van der Waals surface area contributed by atoms with E-state index in [9.17, 15) is 0 Å². The van der Waals surface area contributed by atoms with Crippen LogP contribution in [-0.4, -0.2) is 38.6 Å². The van der Waals surface area contributed by atoms with Crippen molar-refractivity contribution in [3.05, 3.63) is 0 Å². The molecule has 2 unspecified atom stereocenters. The van der Waals surface area contributed by atoms with Crippen LogP contribution in [0.5, 0.6) is 0 Å². The van der Waals surface area contributed by atoms with Crippen LogP contribution < -0.4 is 0 Å². The van der Waals surface area contributed by atoms with Gasteiger partial charge in [-0.3, -0.25) is 0 Å². The molecule has 2 rings (SSSR count). The second-order valence-corrected chi connectivity index (χ2v) is 4.18. The van der Waals surface area contributed by atoms with Crippen molar-refractivity contribution >= 4 is 0 Å². The summed E-state index contributed by atoms with van der Waals surface area (Å²) >= 11 is 0. The molecule has 13 heavy (non-hydrogen) atoms. The lowest BCUT2D eigenvalue weighted by atomic mass is 10.3. The van der Waals surface area contributed by atoms with E-state index in [1.54, 1.807) is 0 Å². The van der Waals surface area contributed by atoms with Gasteiger partial charge >= 0.3 is 0 Å². The molecule has 2 aliphatic heterocycles. The molecule has 0 N–H and O–H groups in total. The van der Waals surface area contributed by atoms with Gasteiger partial charge in [-0.05, 0) is 5.92 Å². The second kappa shape index (κ2) is 5.58. The third-order valence-electron chi connectivity index (χ3n) is 1.41. The molecule has 0 amide bonds. The van der Waals surface area contributed by atoms with E-state index in [1.807, 2.05) is 0 Å². The first-order valence-corrected chi connectivity index (χ1v) is 4.99. The molecule has 2 saturated heterocycles. The van der Waals surface area contributed by atoms with E-state index in [-0.39, 0.29) is 0 Å². The molecule has 0 aromatic rings. The molecule has 3 heteroatoms. The summed E-state index contributed by atoms with van der Waals surface area (Å²) in [7, 11) is 0. The average molecular weight is 188 g/mol. The van der Waals surface area contributed by atoms with Gasteiger partial charge in [-0.15, -0.1) is 0 Å². The van der Waals surface area contributed by atoms with Gasteiger partial charge in [0.15, 0.2) is 0 Å². The molecule has 2 atom stereocenters. The Hall–Kier alpha value is -0.120. The van der Waals surface area contributed by atoms with Crippen LogP contribution in [-0.2, 0) is 14.2 Å². The Bertz CT molecular complexity index is 113. The monoisotopic (exact) mass is 188 g/mol. The molecule has 2 heterocycles. The largest absolute Gasteiger partial charge is 0.376 e. The summed E-state index contributed by atoms with van der Waals surface area (Å²) in [6.45, 7) is 9.76. The van der Waals surface area contributed by atoms with Gasteiger partial charge in [0, 0.05) is 0 Å². The number of epoxide rings is 2. The fourth-order valence-electron chi connectivity index (χ4n) is 0.659. The van der Waals surface area contributed by atoms with Crippen molar-refractivity contribution in [2.75, 3.05) is 26.4 Å². The van der Waals surface area contributed by atoms with E-state index in [0.29, 0.717) is 12.2 Å². The SMILES string of the molecule is C(OCC1CO1)C1CO1.CC(C)C. The molecule has 78 valence electrons. The highest BCUT2D eigenvalue weighted by Crippen LogP contribution is 2.12. The number of rotatable bonds is 4. The maximum absolute atomic E-state index is 5.23. The van der Waals surface area contributed by atoms with E-state index in [2.05, 4.69) is 20.8 Å². The maximum Gasteiger partial charge on any atom is 0.104 e. The van der Waals surface area contributed by atoms with Crippen molar-refractivity contribution in [1.29, 1.82) is 0 Å². The van der Waals surface area contributed by atoms with Crippen LogP contribution in [0.3, 0.4) is 0 Å². The van der Waals surface area contributed by atoms with Crippen LogP contribution >= 0.6 is 0 Å². The topological polar surface area (TPSA) is 34.3 Å². The normalized spacial score (nSPS) is 29.5. The number of hydrogen-bond donors (Lipinski definition) is 0.